The molecule has 1 saturated heterocycles. The van der Waals surface area contributed by atoms with Crippen LogP contribution in [0.2, 0.25) is 5.02 Å². The molecule has 1 fully saturated rings. The maximum Gasteiger partial charge on any atom is 0.348 e. The number of aromatic hydroxyl groups is 1. The number of hydrogen-bond acceptors (Lipinski definition) is 6. The maximum atomic E-state index is 12.1. The Morgan fingerprint density at radius 3 is 2.50 bits per heavy atom. The molecule has 7 nitrogen and oxygen atoms in total. The van der Waals surface area contributed by atoms with E-state index in [1.807, 2.05) is 17.0 Å². The fourth-order valence-electron chi connectivity index (χ4n) is 3.57. The highest BCUT2D eigenvalue weighted by Gasteiger charge is 2.44. The van der Waals surface area contributed by atoms with Gasteiger partial charge in [-0.3, -0.25) is 0 Å². The predicted molar refractivity (Wildman–Crippen MR) is 113 cm³/mol. The SMILES string of the molecule is O=C(O)C1(Oc2ccccc2Cl)CCN(c2cnnc(-c3ccccc3O)c2)CC1. The summed E-state index contributed by atoms with van der Waals surface area (Å²) in [7, 11) is 0. The number of carbonyl (C=O) groups is 1. The Balaban J connectivity index is 1.54. The number of hydrogen-bond donors (Lipinski definition) is 2. The van der Waals surface area contributed by atoms with Gasteiger partial charge in [0.15, 0.2) is 0 Å². The fourth-order valence-corrected chi connectivity index (χ4v) is 3.75. The van der Waals surface area contributed by atoms with Crippen LogP contribution in [0.15, 0.2) is 60.8 Å². The number of carboxylic acid groups (broad SMARTS) is 1. The number of benzene rings is 2. The van der Waals surface area contributed by atoms with E-state index in [1.54, 1.807) is 48.7 Å². The van der Waals surface area contributed by atoms with Gasteiger partial charge in [0.05, 0.1) is 22.6 Å². The zero-order chi connectivity index (χ0) is 21.1. The summed E-state index contributed by atoms with van der Waals surface area (Å²) in [6.45, 7) is 0.922. The summed E-state index contributed by atoms with van der Waals surface area (Å²) >= 11 is 6.16. The lowest BCUT2D eigenvalue weighted by molar-refractivity contribution is -0.157. The summed E-state index contributed by atoms with van der Waals surface area (Å²) in [5.74, 6) is -0.520. The number of aliphatic carboxylic acids is 1. The third-order valence-corrected chi connectivity index (χ3v) is 5.60. The van der Waals surface area contributed by atoms with E-state index in [1.165, 1.54) is 0 Å². The smallest absolute Gasteiger partial charge is 0.348 e. The van der Waals surface area contributed by atoms with Crippen molar-refractivity contribution in [2.45, 2.75) is 18.4 Å². The summed E-state index contributed by atoms with van der Waals surface area (Å²) in [5.41, 5.74) is 0.599. The third-order valence-electron chi connectivity index (χ3n) is 5.29. The number of ether oxygens (including phenoxy) is 1. The first-order valence-corrected chi connectivity index (χ1v) is 9.89. The third kappa shape index (κ3) is 3.89. The molecule has 1 aliphatic rings. The average Bonchev–Trinajstić information content (AvgIpc) is 2.76. The van der Waals surface area contributed by atoms with E-state index in [4.69, 9.17) is 16.3 Å². The minimum Gasteiger partial charge on any atom is -0.507 e. The first-order valence-electron chi connectivity index (χ1n) is 9.51. The van der Waals surface area contributed by atoms with Crippen LogP contribution in [-0.4, -0.2) is 45.1 Å². The minimum atomic E-state index is -1.34. The lowest BCUT2D eigenvalue weighted by Gasteiger charge is -2.39. The highest BCUT2D eigenvalue weighted by atomic mass is 35.5. The van der Waals surface area contributed by atoms with Crippen molar-refractivity contribution >= 4 is 23.3 Å². The number of phenols is 1. The summed E-state index contributed by atoms with van der Waals surface area (Å²) in [6.07, 6.45) is 2.19. The van der Waals surface area contributed by atoms with Gasteiger partial charge >= 0.3 is 5.97 Å². The quantitative estimate of drug-likeness (QED) is 0.637. The molecule has 2 heterocycles. The predicted octanol–water partition coefficient (Wildman–Crippen LogP) is 4.01. The van der Waals surface area contributed by atoms with Gasteiger partial charge in [0.1, 0.15) is 11.5 Å². The number of anilines is 1. The minimum absolute atomic E-state index is 0.126. The second kappa shape index (κ2) is 8.20. The maximum absolute atomic E-state index is 12.1. The Morgan fingerprint density at radius 2 is 1.80 bits per heavy atom. The number of halogens is 1. The number of aromatic nitrogens is 2. The standard InChI is InChI=1S/C22H20ClN3O4/c23-17-6-2-4-8-20(17)30-22(21(28)29)9-11-26(12-10-22)15-13-18(25-24-14-15)16-5-1-3-7-19(16)27/h1-8,13-14,27H,9-12H2,(H,28,29). The van der Waals surface area contributed by atoms with E-state index in [-0.39, 0.29) is 18.6 Å². The second-order valence-corrected chi connectivity index (χ2v) is 7.54. The van der Waals surface area contributed by atoms with Gasteiger partial charge in [0.25, 0.3) is 0 Å². The van der Waals surface area contributed by atoms with E-state index < -0.39 is 11.6 Å². The molecule has 0 unspecified atom stereocenters. The molecular formula is C22H20ClN3O4. The van der Waals surface area contributed by atoms with Gasteiger partial charge in [0.2, 0.25) is 5.60 Å². The Hall–Kier alpha value is -3.32. The van der Waals surface area contributed by atoms with Crippen molar-refractivity contribution in [3.63, 3.8) is 0 Å². The molecule has 0 radical (unpaired) electrons. The number of phenolic OH excluding ortho intramolecular Hbond substituents is 1. The first-order chi connectivity index (χ1) is 14.5. The summed E-state index contributed by atoms with van der Waals surface area (Å²) in [4.78, 5) is 14.1. The molecule has 0 aliphatic carbocycles. The van der Waals surface area contributed by atoms with Crippen molar-refractivity contribution in [2.75, 3.05) is 18.0 Å². The molecule has 0 atom stereocenters. The van der Waals surface area contributed by atoms with Crippen LogP contribution in [0.25, 0.3) is 11.3 Å². The van der Waals surface area contributed by atoms with Gasteiger partial charge < -0.3 is 19.8 Å². The fraction of sp³-hybridized carbons (Fsp3) is 0.227. The Kier molecular flexibility index (Phi) is 5.46. The zero-order valence-electron chi connectivity index (χ0n) is 16.0. The average molecular weight is 426 g/mol. The van der Waals surface area contributed by atoms with Gasteiger partial charge in [0, 0.05) is 31.5 Å². The molecule has 30 heavy (non-hydrogen) atoms. The Bertz CT molecular complexity index is 1070. The van der Waals surface area contributed by atoms with Gasteiger partial charge in [-0.1, -0.05) is 35.9 Å². The van der Waals surface area contributed by atoms with Crippen LogP contribution in [0.1, 0.15) is 12.8 Å². The van der Waals surface area contributed by atoms with Crippen molar-refractivity contribution in [3.8, 4) is 22.8 Å². The lowest BCUT2D eigenvalue weighted by atomic mass is 9.90. The second-order valence-electron chi connectivity index (χ2n) is 7.14. The van der Waals surface area contributed by atoms with Crippen molar-refractivity contribution in [1.82, 2.24) is 10.2 Å². The number of para-hydroxylation sites is 2. The van der Waals surface area contributed by atoms with Crippen LogP contribution in [0.5, 0.6) is 11.5 Å². The van der Waals surface area contributed by atoms with E-state index >= 15 is 0 Å². The molecule has 2 aromatic carbocycles. The van der Waals surface area contributed by atoms with E-state index in [0.717, 1.165) is 5.69 Å². The molecule has 3 aromatic rings. The van der Waals surface area contributed by atoms with Gasteiger partial charge in [-0.2, -0.15) is 10.2 Å². The first kappa shape index (κ1) is 20.0. The van der Waals surface area contributed by atoms with Crippen LogP contribution in [0, 0.1) is 0 Å². The van der Waals surface area contributed by atoms with Crippen LogP contribution in [0.4, 0.5) is 5.69 Å². The summed E-state index contributed by atoms with van der Waals surface area (Å²) in [6, 6.07) is 15.6. The molecule has 1 aromatic heterocycles. The molecule has 1 aliphatic heterocycles. The van der Waals surface area contributed by atoms with E-state index in [0.29, 0.717) is 35.1 Å². The number of carboxylic acids is 1. The summed E-state index contributed by atoms with van der Waals surface area (Å²) < 4.78 is 5.91. The van der Waals surface area contributed by atoms with E-state index in [9.17, 15) is 15.0 Å². The van der Waals surface area contributed by atoms with Gasteiger partial charge in [-0.15, -0.1) is 0 Å². The molecule has 8 heteroatoms. The van der Waals surface area contributed by atoms with Crippen LogP contribution < -0.4 is 9.64 Å². The molecule has 4 rings (SSSR count). The molecular weight excluding hydrogens is 406 g/mol. The Labute approximate surface area is 178 Å². The van der Waals surface area contributed by atoms with Crippen molar-refractivity contribution in [3.05, 3.63) is 65.8 Å². The van der Waals surface area contributed by atoms with Crippen LogP contribution in [0.3, 0.4) is 0 Å². The molecule has 0 saturated carbocycles. The van der Waals surface area contributed by atoms with E-state index in [2.05, 4.69) is 10.2 Å². The number of piperidine rings is 1. The van der Waals surface area contributed by atoms with Crippen molar-refractivity contribution in [2.24, 2.45) is 0 Å². The summed E-state index contributed by atoms with van der Waals surface area (Å²) in [5, 5.41) is 28.5. The molecule has 154 valence electrons. The largest absolute Gasteiger partial charge is 0.507 e. The zero-order valence-corrected chi connectivity index (χ0v) is 16.8. The topological polar surface area (TPSA) is 95.8 Å². The normalized spacial score (nSPS) is 15.6. The highest BCUT2D eigenvalue weighted by Crippen LogP contribution is 2.35. The molecule has 2 N–H and O–H groups in total. The van der Waals surface area contributed by atoms with Gasteiger partial charge in [-0.05, 0) is 30.3 Å². The number of nitrogens with zero attached hydrogens (tertiary/aromatic N) is 3. The molecule has 0 spiro atoms. The van der Waals surface area contributed by atoms with Crippen LogP contribution in [-0.2, 0) is 4.79 Å². The Morgan fingerprint density at radius 1 is 1.10 bits per heavy atom. The number of rotatable bonds is 5. The molecule has 0 bridgehead atoms. The highest BCUT2D eigenvalue weighted by molar-refractivity contribution is 6.32. The van der Waals surface area contributed by atoms with Crippen molar-refractivity contribution < 1.29 is 19.7 Å². The van der Waals surface area contributed by atoms with Crippen molar-refractivity contribution in [1.29, 1.82) is 0 Å². The lowest BCUT2D eigenvalue weighted by Crippen LogP contribution is -2.53. The van der Waals surface area contributed by atoms with Gasteiger partial charge in [-0.25, -0.2) is 4.79 Å². The monoisotopic (exact) mass is 425 g/mol. The van der Waals surface area contributed by atoms with Crippen LogP contribution >= 0.6 is 11.6 Å². The molecule has 0 amide bonds.